The molecule has 1 aliphatic rings. The van der Waals surface area contributed by atoms with Crippen molar-refractivity contribution in [1.29, 1.82) is 0 Å². The van der Waals surface area contributed by atoms with Crippen LogP contribution in [0.1, 0.15) is 31.5 Å². The number of carbonyl (C=O) groups excluding carboxylic acids is 1. The second-order valence-corrected chi connectivity index (χ2v) is 5.05. The second-order valence-electron chi connectivity index (χ2n) is 5.05. The monoisotopic (exact) mass is 277 g/mol. The Morgan fingerprint density at radius 1 is 1.25 bits per heavy atom. The normalized spacial score (nSPS) is 15.0. The summed E-state index contributed by atoms with van der Waals surface area (Å²) in [6, 6.07) is 1.85. The van der Waals surface area contributed by atoms with Gasteiger partial charge in [0, 0.05) is 39.2 Å². The van der Waals surface area contributed by atoms with E-state index >= 15 is 0 Å². The average Bonchev–Trinajstić information content (AvgIpc) is 2.47. The van der Waals surface area contributed by atoms with Crippen LogP contribution in [0.25, 0.3) is 0 Å². The first kappa shape index (κ1) is 14.6. The Labute approximate surface area is 120 Å². The van der Waals surface area contributed by atoms with Crippen LogP contribution in [0.5, 0.6) is 0 Å². The van der Waals surface area contributed by atoms with Crippen molar-refractivity contribution in [2.45, 2.75) is 32.6 Å². The summed E-state index contributed by atoms with van der Waals surface area (Å²) in [4.78, 5) is 22.5. The Morgan fingerprint density at radius 3 is 2.65 bits per heavy atom. The Hall–Kier alpha value is -1.85. The summed E-state index contributed by atoms with van der Waals surface area (Å²) in [6.07, 6.45) is 4.03. The number of amides is 1. The first-order valence-corrected chi connectivity index (χ1v) is 7.24. The van der Waals surface area contributed by atoms with Crippen molar-refractivity contribution < 1.29 is 4.79 Å². The minimum absolute atomic E-state index is 0.233. The number of hydrogen-bond donors (Lipinski definition) is 2. The molecular weight excluding hydrogens is 254 g/mol. The number of nitrogens with one attached hydrogen (secondary N) is 2. The lowest BCUT2D eigenvalue weighted by Gasteiger charge is -2.26. The molecule has 2 rings (SSSR count). The fourth-order valence-corrected chi connectivity index (χ4v) is 2.39. The van der Waals surface area contributed by atoms with E-state index in [-0.39, 0.29) is 5.91 Å². The number of nitrogens with zero attached hydrogens (tertiary/aromatic N) is 3. The molecule has 0 unspecified atom stereocenters. The topological polar surface area (TPSA) is 70.2 Å². The smallest absolute Gasteiger partial charge is 0.224 e. The highest BCUT2D eigenvalue weighted by molar-refractivity contribution is 5.76. The molecule has 0 saturated carbocycles. The van der Waals surface area contributed by atoms with Crippen LogP contribution >= 0.6 is 0 Å². The maximum absolute atomic E-state index is 12.0. The van der Waals surface area contributed by atoms with E-state index < -0.39 is 0 Å². The summed E-state index contributed by atoms with van der Waals surface area (Å²) >= 11 is 0. The Morgan fingerprint density at radius 2 is 1.95 bits per heavy atom. The minimum Gasteiger partial charge on any atom is -0.373 e. The predicted octanol–water partition coefficient (Wildman–Crippen LogP) is 1.64. The molecule has 2 heterocycles. The van der Waals surface area contributed by atoms with Crippen molar-refractivity contribution >= 4 is 17.5 Å². The van der Waals surface area contributed by atoms with Gasteiger partial charge < -0.3 is 15.5 Å². The van der Waals surface area contributed by atoms with Gasteiger partial charge in [-0.1, -0.05) is 0 Å². The van der Waals surface area contributed by atoms with E-state index in [1.807, 2.05) is 24.9 Å². The van der Waals surface area contributed by atoms with E-state index in [0.29, 0.717) is 18.8 Å². The molecule has 0 atom stereocenters. The van der Waals surface area contributed by atoms with Gasteiger partial charge in [-0.25, -0.2) is 9.97 Å². The number of rotatable bonds is 5. The molecule has 1 aromatic rings. The van der Waals surface area contributed by atoms with E-state index in [2.05, 4.69) is 20.6 Å². The molecule has 110 valence electrons. The zero-order valence-electron chi connectivity index (χ0n) is 12.3. The van der Waals surface area contributed by atoms with Gasteiger partial charge in [-0.15, -0.1) is 0 Å². The molecule has 20 heavy (non-hydrogen) atoms. The molecule has 1 aliphatic heterocycles. The van der Waals surface area contributed by atoms with Crippen LogP contribution in [0.2, 0.25) is 0 Å². The lowest BCUT2D eigenvalue weighted by molar-refractivity contribution is -0.131. The van der Waals surface area contributed by atoms with Gasteiger partial charge in [-0.05, 0) is 26.2 Å². The summed E-state index contributed by atoms with van der Waals surface area (Å²) in [5, 5.41) is 6.18. The van der Waals surface area contributed by atoms with Crippen LogP contribution < -0.4 is 10.6 Å². The van der Waals surface area contributed by atoms with E-state index in [4.69, 9.17) is 0 Å². The van der Waals surface area contributed by atoms with E-state index in [1.54, 1.807) is 0 Å². The number of aryl methyl sites for hydroxylation is 1. The molecule has 2 N–H and O–H groups in total. The Bertz CT molecular complexity index is 457. The Balaban J connectivity index is 1.80. The maximum atomic E-state index is 12.0. The molecular formula is C14H23N5O. The summed E-state index contributed by atoms with van der Waals surface area (Å²) in [5.41, 5.74) is 0. The predicted molar refractivity (Wildman–Crippen MR) is 79.9 cm³/mol. The van der Waals surface area contributed by atoms with E-state index in [9.17, 15) is 4.79 Å². The molecule has 1 amide bonds. The van der Waals surface area contributed by atoms with Gasteiger partial charge in [0.25, 0.3) is 0 Å². The van der Waals surface area contributed by atoms with Crippen LogP contribution in [0.3, 0.4) is 0 Å². The highest BCUT2D eigenvalue weighted by atomic mass is 16.2. The van der Waals surface area contributed by atoms with Gasteiger partial charge in [0.1, 0.15) is 17.5 Å². The SMILES string of the molecule is CNc1cc(NCCC(=O)N2CCCCC2)nc(C)n1. The van der Waals surface area contributed by atoms with Crippen molar-refractivity contribution in [2.75, 3.05) is 37.3 Å². The van der Waals surface area contributed by atoms with Crippen molar-refractivity contribution in [1.82, 2.24) is 14.9 Å². The number of anilines is 2. The Kier molecular flexibility index (Phi) is 5.15. The molecule has 1 fully saturated rings. The number of hydrogen-bond acceptors (Lipinski definition) is 5. The van der Waals surface area contributed by atoms with Crippen molar-refractivity contribution in [3.63, 3.8) is 0 Å². The fourth-order valence-electron chi connectivity index (χ4n) is 2.39. The van der Waals surface area contributed by atoms with Gasteiger partial charge in [-0.3, -0.25) is 4.79 Å². The number of piperidine rings is 1. The number of likely N-dealkylation sites (tertiary alicyclic amines) is 1. The third-order valence-electron chi connectivity index (χ3n) is 3.45. The average molecular weight is 277 g/mol. The number of aromatic nitrogens is 2. The summed E-state index contributed by atoms with van der Waals surface area (Å²) in [6.45, 7) is 4.28. The van der Waals surface area contributed by atoms with Crippen molar-refractivity contribution in [3.05, 3.63) is 11.9 Å². The van der Waals surface area contributed by atoms with Crippen LogP contribution in [-0.4, -0.2) is 47.5 Å². The summed E-state index contributed by atoms with van der Waals surface area (Å²) < 4.78 is 0. The lowest BCUT2D eigenvalue weighted by Crippen LogP contribution is -2.36. The third-order valence-corrected chi connectivity index (χ3v) is 3.45. The molecule has 1 aromatic heterocycles. The van der Waals surface area contributed by atoms with Gasteiger partial charge in [0.2, 0.25) is 5.91 Å². The molecule has 1 saturated heterocycles. The first-order chi connectivity index (χ1) is 9.69. The zero-order chi connectivity index (χ0) is 14.4. The molecule has 0 spiro atoms. The van der Waals surface area contributed by atoms with Crippen LogP contribution in [0.4, 0.5) is 11.6 Å². The van der Waals surface area contributed by atoms with Crippen LogP contribution in [0, 0.1) is 6.92 Å². The maximum Gasteiger partial charge on any atom is 0.224 e. The molecule has 0 aliphatic carbocycles. The highest BCUT2D eigenvalue weighted by Crippen LogP contribution is 2.12. The lowest BCUT2D eigenvalue weighted by atomic mass is 10.1. The molecule has 6 nitrogen and oxygen atoms in total. The minimum atomic E-state index is 0.233. The zero-order valence-corrected chi connectivity index (χ0v) is 12.3. The fraction of sp³-hybridized carbons (Fsp3) is 0.643. The van der Waals surface area contributed by atoms with Crippen LogP contribution in [0.15, 0.2) is 6.07 Å². The van der Waals surface area contributed by atoms with Gasteiger partial charge in [-0.2, -0.15) is 0 Å². The summed E-state index contributed by atoms with van der Waals surface area (Å²) in [5.74, 6) is 2.48. The molecule has 0 aromatic carbocycles. The molecule has 0 bridgehead atoms. The van der Waals surface area contributed by atoms with Crippen LogP contribution in [-0.2, 0) is 4.79 Å². The quantitative estimate of drug-likeness (QED) is 0.856. The standard InChI is InChI=1S/C14H23N5O/c1-11-17-12(15-2)10-13(18-11)16-7-6-14(20)19-8-4-3-5-9-19/h10H,3-9H2,1-2H3,(H2,15,16,17,18). The second kappa shape index (κ2) is 7.07. The summed E-state index contributed by atoms with van der Waals surface area (Å²) in [7, 11) is 1.82. The van der Waals surface area contributed by atoms with E-state index in [1.165, 1.54) is 6.42 Å². The van der Waals surface area contributed by atoms with Crippen molar-refractivity contribution in [3.8, 4) is 0 Å². The van der Waals surface area contributed by atoms with Gasteiger partial charge in [0.05, 0.1) is 0 Å². The van der Waals surface area contributed by atoms with Gasteiger partial charge >= 0.3 is 0 Å². The third kappa shape index (κ3) is 4.08. The molecule has 6 heteroatoms. The number of carbonyl (C=O) groups is 1. The molecule has 0 radical (unpaired) electrons. The van der Waals surface area contributed by atoms with Gasteiger partial charge in [0.15, 0.2) is 0 Å². The first-order valence-electron chi connectivity index (χ1n) is 7.24. The highest BCUT2D eigenvalue weighted by Gasteiger charge is 2.15. The largest absolute Gasteiger partial charge is 0.373 e. The van der Waals surface area contributed by atoms with Crippen molar-refractivity contribution in [2.24, 2.45) is 0 Å². The van der Waals surface area contributed by atoms with E-state index in [0.717, 1.165) is 37.6 Å².